The first-order valence-corrected chi connectivity index (χ1v) is 9.46. The zero-order chi connectivity index (χ0) is 21.7. The van der Waals surface area contributed by atoms with Crippen LogP contribution in [0.3, 0.4) is 0 Å². The van der Waals surface area contributed by atoms with Crippen molar-refractivity contribution in [2.75, 3.05) is 13.2 Å². The highest BCUT2D eigenvalue weighted by Gasteiger charge is 2.50. The Morgan fingerprint density at radius 1 is 1.10 bits per heavy atom. The molecule has 1 aliphatic rings. The van der Waals surface area contributed by atoms with Crippen LogP contribution in [0.25, 0.3) is 0 Å². The van der Waals surface area contributed by atoms with Gasteiger partial charge in [-0.3, -0.25) is 19.2 Å². The Balaban J connectivity index is 1.71. The summed E-state index contributed by atoms with van der Waals surface area (Å²) in [5.74, 6) is -1.73. The average Bonchev–Trinajstić information content (AvgIpc) is 3.50. The number of carbonyl (C=O) groups is 3. The smallest absolute Gasteiger partial charge is 0.268 e. The van der Waals surface area contributed by atoms with Gasteiger partial charge in [0.15, 0.2) is 5.78 Å². The van der Waals surface area contributed by atoms with Crippen molar-refractivity contribution in [2.24, 2.45) is 0 Å². The summed E-state index contributed by atoms with van der Waals surface area (Å²) in [6.45, 7) is 1.24. The van der Waals surface area contributed by atoms with Gasteiger partial charge in [-0.1, -0.05) is 36.4 Å². The molecule has 1 aromatic carbocycles. The normalized spacial score (nSPS) is 19.4. The highest BCUT2D eigenvalue weighted by Crippen LogP contribution is 2.29. The molecule has 0 saturated carbocycles. The molecule has 0 spiro atoms. The summed E-state index contributed by atoms with van der Waals surface area (Å²) in [4.78, 5) is 51.5. The predicted molar refractivity (Wildman–Crippen MR) is 107 cm³/mol. The van der Waals surface area contributed by atoms with Crippen molar-refractivity contribution in [3.63, 3.8) is 0 Å². The minimum atomic E-state index is -1.31. The predicted octanol–water partition coefficient (Wildman–Crippen LogP) is -0.449. The van der Waals surface area contributed by atoms with Crippen LogP contribution in [0.15, 0.2) is 53.3 Å². The second kappa shape index (κ2) is 9.02. The SMILES string of the molecule is CC1(C(=O)C(Cc2ccccc2)NC(=O)C(CO)NC(=O)c2cccc(=O)[nH]2)CO1. The number of ether oxygens (including phenoxy) is 1. The maximum atomic E-state index is 12.8. The van der Waals surface area contributed by atoms with E-state index in [1.807, 2.05) is 30.3 Å². The molecule has 158 valence electrons. The average molecular weight is 413 g/mol. The summed E-state index contributed by atoms with van der Waals surface area (Å²) in [6.07, 6.45) is 0.239. The van der Waals surface area contributed by atoms with E-state index in [1.165, 1.54) is 18.2 Å². The number of rotatable bonds is 9. The number of benzene rings is 1. The van der Waals surface area contributed by atoms with E-state index in [-0.39, 0.29) is 24.5 Å². The Morgan fingerprint density at radius 3 is 2.40 bits per heavy atom. The lowest BCUT2D eigenvalue weighted by molar-refractivity contribution is -0.131. The van der Waals surface area contributed by atoms with E-state index < -0.39 is 41.7 Å². The first-order valence-electron chi connectivity index (χ1n) is 9.46. The highest BCUT2D eigenvalue weighted by atomic mass is 16.6. The van der Waals surface area contributed by atoms with Gasteiger partial charge in [-0.15, -0.1) is 0 Å². The van der Waals surface area contributed by atoms with E-state index in [1.54, 1.807) is 6.92 Å². The van der Waals surface area contributed by atoms with Crippen molar-refractivity contribution in [1.29, 1.82) is 0 Å². The third-order valence-electron chi connectivity index (χ3n) is 4.83. The molecule has 3 unspecified atom stereocenters. The number of hydrogen-bond acceptors (Lipinski definition) is 6. The van der Waals surface area contributed by atoms with Crippen LogP contribution in [0.1, 0.15) is 23.0 Å². The van der Waals surface area contributed by atoms with Crippen molar-refractivity contribution in [1.82, 2.24) is 15.6 Å². The Morgan fingerprint density at radius 2 is 1.80 bits per heavy atom. The largest absolute Gasteiger partial charge is 0.394 e. The van der Waals surface area contributed by atoms with Crippen molar-refractivity contribution in [2.45, 2.75) is 31.0 Å². The summed E-state index contributed by atoms with van der Waals surface area (Å²) in [5, 5.41) is 14.6. The number of pyridine rings is 1. The Bertz CT molecular complexity index is 983. The van der Waals surface area contributed by atoms with E-state index >= 15 is 0 Å². The Kier molecular flexibility index (Phi) is 6.43. The van der Waals surface area contributed by atoms with Crippen molar-refractivity contribution in [3.05, 3.63) is 70.1 Å². The van der Waals surface area contributed by atoms with Crippen molar-refractivity contribution >= 4 is 17.6 Å². The molecule has 0 aliphatic carbocycles. The maximum absolute atomic E-state index is 12.8. The fraction of sp³-hybridized carbons (Fsp3) is 0.333. The van der Waals surface area contributed by atoms with E-state index in [2.05, 4.69) is 15.6 Å². The lowest BCUT2D eigenvalue weighted by Crippen LogP contribution is -2.55. The molecule has 9 nitrogen and oxygen atoms in total. The zero-order valence-electron chi connectivity index (χ0n) is 16.4. The number of amides is 2. The molecular formula is C21H23N3O6. The first-order chi connectivity index (χ1) is 14.3. The monoisotopic (exact) mass is 413 g/mol. The molecular weight excluding hydrogens is 390 g/mol. The number of ketones is 1. The van der Waals surface area contributed by atoms with Crippen LogP contribution >= 0.6 is 0 Å². The molecule has 0 radical (unpaired) electrons. The van der Waals surface area contributed by atoms with Gasteiger partial charge >= 0.3 is 0 Å². The number of aromatic amines is 1. The van der Waals surface area contributed by atoms with Gasteiger partial charge in [-0.2, -0.15) is 0 Å². The fourth-order valence-corrected chi connectivity index (χ4v) is 2.96. The summed E-state index contributed by atoms with van der Waals surface area (Å²) in [6, 6.07) is 11.0. The summed E-state index contributed by atoms with van der Waals surface area (Å²) in [7, 11) is 0. The van der Waals surface area contributed by atoms with Gasteiger partial charge in [0.25, 0.3) is 5.91 Å². The lowest BCUT2D eigenvalue weighted by atomic mass is 9.94. The number of hydrogen-bond donors (Lipinski definition) is 4. The molecule has 4 N–H and O–H groups in total. The Labute approximate surface area is 172 Å². The van der Waals surface area contributed by atoms with Crippen molar-refractivity contribution < 1.29 is 24.2 Å². The molecule has 2 aromatic rings. The third-order valence-corrected chi connectivity index (χ3v) is 4.83. The number of aliphatic hydroxyl groups is 1. The van der Waals surface area contributed by atoms with Gasteiger partial charge in [-0.05, 0) is 25.0 Å². The van der Waals surface area contributed by atoms with Crippen LogP contribution < -0.4 is 16.2 Å². The van der Waals surface area contributed by atoms with Crippen LogP contribution in [-0.4, -0.2) is 58.6 Å². The number of aliphatic hydroxyl groups excluding tert-OH is 1. The van der Waals surface area contributed by atoms with Crippen molar-refractivity contribution in [3.8, 4) is 0 Å². The van der Waals surface area contributed by atoms with Crippen LogP contribution in [0.2, 0.25) is 0 Å². The van der Waals surface area contributed by atoms with Crippen LogP contribution in [0.5, 0.6) is 0 Å². The van der Waals surface area contributed by atoms with Crippen LogP contribution in [0, 0.1) is 0 Å². The minimum absolute atomic E-state index is 0.0513. The number of nitrogens with one attached hydrogen (secondary N) is 3. The number of Topliss-reactive ketones (excluding diaryl/α,β-unsaturated/α-hetero) is 1. The lowest BCUT2D eigenvalue weighted by Gasteiger charge is -2.23. The molecule has 0 bridgehead atoms. The molecule has 1 saturated heterocycles. The maximum Gasteiger partial charge on any atom is 0.268 e. The number of carbonyl (C=O) groups excluding carboxylic acids is 3. The van der Waals surface area contributed by atoms with Gasteiger partial charge in [0, 0.05) is 6.07 Å². The number of epoxide rings is 1. The van der Waals surface area contributed by atoms with Gasteiger partial charge < -0.3 is 25.5 Å². The Hall–Kier alpha value is -3.30. The molecule has 1 aromatic heterocycles. The summed E-state index contributed by atoms with van der Waals surface area (Å²) < 4.78 is 5.22. The van der Waals surface area contributed by atoms with E-state index in [9.17, 15) is 24.3 Å². The van der Waals surface area contributed by atoms with Gasteiger partial charge in [0.1, 0.15) is 17.3 Å². The molecule has 30 heavy (non-hydrogen) atoms. The fourth-order valence-electron chi connectivity index (χ4n) is 2.96. The van der Waals surface area contributed by atoms with Gasteiger partial charge in [0.05, 0.1) is 19.3 Å². The number of aromatic nitrogens is 1. The van der Waals surface area contributed by atoms with Gasteiger partial charge in [0.2, 0.25) is 11.5 Å². The van der Waals surface area contributed by atoms with E-state index in [0.29, 0.717) is 0 Å². The van der Waals surface area contributed by atoms with Gasteiger partial charge in [-0.25, -0.2) is 0 Å². The van der Waals surface area contributed by atoms with E-state index in [4.69, 9.17) is 4.74 Å². The minimum Gasteiger partial charge on any atom is -0.394 e. The van der Waals surface area contributed by atoms with Crippen LogP contribution in [0.4, 0.5) is 0 Å². The third kappa shape index (κ3) is 5.19. The molecule has 3 rings (SSSR count). The van der Waals surface area contributed by atoms with Crippen LogP contribution in [-0.2, 0) is 20.7 Å². The van der Waals surface area contributed by atoms with E-state index in [0.717, 1.165) is 5.56 Å². The summed E-state index contributed by atoms with van der Waals surface area (Å²) in [5.41, 5.74) is -0.635. The molecule has 2 amide bonds. The second-order valence-electron chi connectivity index (χ2n) is 7.27. The standard InChI is InChI=1S/C21H23N3O6/c1-21(12-30-21)18(27)15(10-13-6-3-2-4-7-13)23-20(29)16(11-25)24-19(28)14-8-5-9-17(26)22-14/h2-9,15-16,25H,10-12H2,1H3,(H,22,26)(H,23,29)(H,24,28). The quantitative estimate of drug-likeness (QED) is 0.411. The molecule has 9 heteroatoms. The molecule has 3 atom stereocenters. The highest BCUT2D eigenvalue weighted by molar-refractivity contribution is 5.99. The second-order valence-corrected chi connectivity index (χ2v) is 7.27. The molecule has 2 heterocycles. The topological polar surface area (TPSA) is 141 Å². The molecule has 1 fully saturated rings. The molecule has 1 aliphatic heterocycles. The number of H-pyrrole nitrogens is 1. The first kappa shape index (κ1) is 21.4. The zero-order valence-corrected chi connectivity index (χ0v) is 16.4. The summed E-state index contributed by atoms with van der Waals surface area (Å²) >= 11 is 0.